The van der Waals surface area contributed by atoms with E-state index in [1.54, 1.807) is 0 Å². The average molecular weight is 290 g/mol. The van der Waals surface area contributed by atoms with E-state index in [9.17, 15) is 14.4 Å². The molecule has 0 unspecified atom stereocenters. The Bertz CT molecular complexity index is 923. The van der Waals surface area contributed by atoms with E-state index in [0.29, 0.717) is 0 Å². The minimum Gasteiger partial charge on any atom is -0.364 e. The number of nitriles is 1. The molecule has 0 fully saturated rings. The molecular formula is C10H10N8O3. The second kappa shape index (κ2) is 4.93. The Morgan fingerprint density at radius 1 is 1.43 bits per heavy atom. The molecule has 2 aromatic heterocycles. The summed E-state index contributed by atoms with van der Waals surface area (Å²) in [5, 5.41) is 12.1. The van der Waals surface area contributed by atoms with Gasteiger partial charge in [0.05, 0.1) is 0 Å². The van der Waals surface area contributed by atoms with Crippen molar-refractivity contribution in [2.45, 2.75) is 0 Å². The number of aromatic amines is 1. The molecule has 0 aliphatic carbocycles. The third-order valence-corrected chi connectivity index (χ3v) is 2.71. The largest absolute Gasteiger partial charge is 0.364 e. The number of nitrogens with two attached hydrogens (primary N) is 1. The van der Waals surface area contributed by atoms with Crippen LogP contribution < -0.4 is 22.4 Å². The van der Waals surface area contributed by atoms with Crippen LogP contribution in [-0.2, 0) is 18.9 Å². The van der Waals surface area contributed by atoms with Crippen molar-refractivity contribution in [1.29, 1.82) is 5.26 Å². The lowest BCUT2D eigenvalue weighted by Gasteiger charge is -2.00. The Morgan fingerprint density at radius 2 is 2.10 bits per heavy atom. The van der Waals surface area contributed by atoms with Crippen LogP contribution in [0.2, 0.25) is 0 Å². The van der Waals surface area contributed by atoms with Crippen molar-refractivity contribution in [3.05, 3.63) is 20.8 Å². The lowest BCUT2D eigenvalue weighted by molar-refractivity contribution is -0.111. The van der Waals surface area contributed by atoms with E-state index in [0.717, 1.165) is 4.57 Å². The average Bonchev–Trinajstić information content (AvgIpc) is 2.87. The van der Waals surface area contributed by atoms with Gasteiger partial charge < -0.3 is 10.7 Å². The van der Waals surface area contributed by atoms with Gasteiger partial charge in [0.15, 0.2) is 11.2 Å². The van der Waals surface area contributed by atoms with Crippen molar-refractivity contribution in [1.82, 2.24) is 19.1 Å². The highest BCUT2D eigenvalue weighted by Gasteiger charge is 2.13. The minimum atomic E-state index is -1.01. The van der Waals surface area contributed by atoms with Gasteiger partial charge in [0.1, 0.15) is 6.07 Å². The second-order valence-corrected chi connectivity index (χ2v) is 4.04. The number of hydrogen-bond acceptors (Lipinski definition) is 7. The Labute approximate surface area is 116 Å². The number of fused-ring (bicyclic) bond motifs is 1. The number of carbonyl (C=O) groups excluding carboxylic acids is 1. The Kier molecular flexibility index (Phi) is 3.28. The molecule has 2 aromatic rings. The number of hydrazone groups is 1. The van der Waals surface area contributed by atoms with Gasteiger partial charge >= 0.3 is 5.69 Å². The number of imidazole rings is 1. The zero-order valence-corrected chi connectivity index (χ0v) is 11.0. The second-order valence-electron chi connectivity index (χ2n) is 4.04. The fourth-order valence-electron chi connectivity index (χ4n) is 1.62. The third kappa shape index (κ3) is 2.25. The molecule has 0 aliphatic rings. The summed E-state index contributed by atoms with van der Waals surface area (Å²) in [4.78, 5) is 41.0. The summed E-state index contributed by atoms with van der Waals surface area (Å²) in [6.07, 6.45) is 0. The lowest BCUT2D eigenvalue weighted by Crippen LogP contribution is -2.36. The minimum absolute atomic E-state index is 0.0164. The summed E-state index contributed by atoms with van der Waals surface area (Å²) in [6.45, 7) is 0. The van der Waals surface area contributed by atoms with Crippen LogP contribution in [0.5, 0.6) is 0 Å². The molecule has 2 rings (SSSR count). The smallest absolute Gasteiger partial charge is 0.332 e. The fourth-order valence-corrected chi connectivity index (χ4v) is 1.62. The summed E-state index contributed by atoms with van der Waals surface area (Å²) >= 11 is 0. The zero-order valence-electron chi connectivity index (χ0n) is 11.0. The number of aromatic nitrogens is 4. The molecule has 0 saturated carbocycles. The van der Waals surface area contributed by atoms with Crippen LogP contribution >= 0.6 is 0 Å². The topological polar surface area (TPSA) is 164 Å². The number of aryl methyl sites for hydroxylation is 1. The summed E-state index contributed by atoms with van der Waals surface area (Å²) < 4.78 is 2.08. The van der Waals surface area contributed by atoms with E-state index < -0.39 is 22.9 Å². The van der Waals surface area contributed by atoms with Crippen LogP contribution in [0.25, 0.3) is 11.2 Å². The summed E-state index contributed by atoms with van der Waals surface area (Å²) in [6, 6.07) is 1.50. The lowest BCUT2D eigenvalue weighted by atomic mass is 10.4. The first-order valence-corrected chi connectivity index (χ1v) is 5.56. The molecule has 4 N–H and O–H groups in total. The maximum Gasteiger partial charge on any atom is 0.332 e. The predicted molar refractivity (Wildman–Crippen MR) is 72.4 cm³/mol. The van der Waals surface area contributed by atoms with Crippen LogP contribution in [0, 0.1) is 11.3 Å². The van der Waals surface area contributed by atoms with Gasteiger partial charge in [-0.05, 0) is 0 Å². The van der Waals surface area contributed by atoms with E-state index >= 15 is 0 Å². The Balaban J connectivity index is 2.56. The van der Waals surface area contributed by atoms with Crippen LogP contribution in [0.4, 0.5) is 5.95 Å². The number of anilines is 1. The van der Waals surface area contributed by atoms with E-state index in [1.165, 1.54) is 24.7 Å². The quantitative estimate of drug-likeness (QED) is 0.426. The van der Waals surface area contributed by atoms with Gasteiger partial charge in [0, 0.05) is 14.1 Å². The van der Waals surface area contributed by atoms with Crippen molar-refractivity contribution in [2.24, 2.45) is 24.9 Å². The van der Waals surface area contributed by atoms with Gasteiger partial charge in [-0.25, -0.2) is 10.2 Å². The van der Waals surface area contributed by atoms with Crippen molar-refractivity contribution >= 4 is 28.7 Å². The van der Waals surface area contributed by atoms with E-state index in [1.807, 2.05) is 0 Å². The molecule has 0 bridgehead atoms. The summed E-state index contributed by atoms with van der Waals surface area (Å²) in [5.74, 6) is -1.03. The molecule has 0 radical (unpaired) electrons. The Hall–Kier alpha value is -3.42. The molecule has 0 aliphatic heterocycles. The molecule has 2 heterocycles. The molecule has 21 heavy (non-hydrogen) atoms. The van der Waals surface area contributed by atoms with E-state index in [-0.39, 0.29) is 17.1 Å². The number of nitrogens with one attached hydrogen (secondary N) is 2. The fraction of sp³-hybridized carbons (Fsp3) is 0.200. The van der Waals surface area contributed by atoms with Crippen LogP contribution in [0.1, 0.15) is 0 Å². The van der Waals surface area contributed by atoms with Crippen molar-refractivity contribution < 1.29 is 4.79 Å². The van der Waals surface area contributed by atoms with Crippen molar-refractivity contribution in [2.75, 3.05) is 5.43 Å². The van der Waals surface area contributed by atoms with Gasteiger partial charge in [-0.3, -0.25) is 18.7 Å². The van der Waals surface area contributed by atoms with Gasteiger partial charge in [0.2, 0.25) is 11.7 Å². The van der Waals surface area contributed by atoms with E-state index in [2.05, 4.69) is 20.5 Å². The molecule has 0 atom stereocenters. The van der Waals surface area contributed by atoms with Crippen LogP contribution in [-0.4, -0.2) is 30.7 Å². The molecule has 11 nitrogen and oxygen atoms in total. The molecule has 0 aromatic carbocycles. The SMILES string of the molecule is Cn1c(=O)c2[nH]c(NN=C(C#N)C(N)=O)nc2n(C)c1=O. The van der Waals surface area contributed by atoms with Crippen molar-refractivity contribution in [3.63, 3.8) is 0 Å². The number of primary amides is 1. The molecule has 11 heteroatoms. The first-order chi connectivity index (χ1) is 9.86. The van der Waals surface area contributed by atoms with E-state index in [4.69, 9.17) is 11.0 Å². The van der Waals surface area contributed by atoms with Gasteiger partial charge in [-0.15, -0.1) is 0 Å². The van der Waals surface area contributed by atoms with Crippen LogP contribution in [0.3, 0.4) is 0 Å². The number of H-pyrrole nitrogens is 1. The monoisotopic (exact) mass is 290 g/mol. The zero-order chi connectivity index (χ0) is 15.7. The predicted octanol–water partition coefficient (Wildman–Crippen LogP) is -2.26. The normalized spacial score (nSPS) is 11.4. The number of rotatable bonds is 3. The molecule has 0 saturated heterocycles. The first kappa shape index (κ1) is 14.0. The van der Waals surface area contributed by atoms with Gasteiger partial charge in [-0.1, -0.05) is 0 Å². The first-order valence-electron chi connectivity index (χ1n) is 5.56. The number of amides is 1. The maximum absolute atomic E-state index is 11.9. The highest BCUT2D eigenvalue weighted by Crippen LogP contribution is 2.07. The molecule has 108 valence electrons. The Morgan fingerprint density at radius 3 is 2.67 bits per heavy atom. The van der Waals surface area contributed by atoms with Gasteiger partial charge in [-0.2, -0.15) is 15.3 Å². The molecular weight excluding hydrogens is 280 g/mol. The molecule has 0 spiro atoms. The number of nitrogens with zero attached hydrogens (tertiary/aromatic N) is 5. The van der Waals surface area contributed by atoms with Crippen LogP contribution in [0.15, 0.2) is 14.7 Å². The van der Waals surface area contributed by atoms with Gasteiger partial charge in [0.25, 0.3) is 11.5 Å². The number of hydrogen-bond donors (Lipinski definition) is 3. The standard InChI is InChI=1S/C10H10N8O3/c1-17-7-5(8(20)18(2)10(17)21)13-9(14-7)16-15-4(3-11)6(12)19/h1-2H3,(H2,12,19)(H2,13,14,16). The maximum atomic E-state index is 11.9. The number of carbonyl (C=O) groups is 1. The highest BCUT2D eigenvalue weighted by molar-refractivity contribution is 6.44. The molecule has 1 amide bonds. The summed E-state index contributed by atoms with van der Waals surface area (Å²) in [7, 11) is 2.78. The highest BCUT2D eigenvalue weighted by atomic mass is 16.2. The van der Waals surface area contributed by atoms with Crippen molar-refractivity contribution in [3.8, 4) is 6.07 Å². The third-order valence-electron chi connectivity index (χ3n) is 2.71. The summed E-state index contributed by atoms with van der Waals surface area (Å²) in [5.41, 5.74) is 5.74.